The molecule has 0 bridgehead atoms. The van der Waals surface area contributed by atoms with E-state index in [1.165, 1.54) is 0 Å². The average Bonchev–Trinajstić information content (AvgIpc) is 3.51. The normalized spacial score (nSPS) is 15.2. The van der Waals surface area contributed by atoms with Gasteiger partial charge in [-0.3, -0.25) is 4.79 Å². The number of aromatic nitrogens is 2. The van der Waals surface area contributed by atoms with Gasteiger partial charge < -0.3 is 29.5 Å². The summed E-state index contributed by atoms with van der Waals surface area (Å²) in [5.74, 6) is 1.16. The van der Waals surface area contributed by atoms with Crippen LogP contribution in [0.25, 0.3) is 0 Å². The van der Waals surface area contributed by atoms with E-state index in [1.807, 2.05) is 12.1 Å². The van der Waals surface area contributed by atoms with E-state index >= 15 is 0 Å². The molecular formula is C20H25N5O5. The number of likely N-dealkylation sites (N-methyl/N-ethyl adjacent to an activating group) is 1. The Morgan fingerprint density at radius 1 is 1.20 bits per heavy atom. The number of carbonyl (C=O) groups excluding carboxylic acids is 2. The fourth-order valence-corrected chi connectivity index (χ4v) is 3.48. The lowest BCUT2D eigenvalue weighted by Gasteiger charge is -2.20. The summed E-state index contributed by atoms with van der Waals surface area (Å²) in [5.41, 5.74) is 0.863. The summed E-state index contributed by atoms with van der Waals surface area (Å²) in [6, 6.07) is 5.62. The first-order valence-corrected chi connectivity index (χ1v) is 10.1. The highest BCUT2D eigenvalue weighted by atomic mass is 16.7. The van der Waals surface area contributed by atoms with Crippen molar-refractivity contribution in [1.82, 2.24) is 25.7 Å². The second-order valence-electron chi connectivity index (χ2n) is 7.49. The van der Waals surface area contributed by atoms with Crippen LogP contribution in [0.5, 0.6) is 11.5 Å². The highest BCUT2D eigenvalue weighted by Gasteiger charge is 2.20. The Morgan fingerprint density at radius 3 is 2.83 bits per heavy atom. The summed E-state index contributed by atoms with van der Waals surface area (Å²) in [5, 5.41) is 9.60. The Kier molecular flexibility index (Phi) is 6.01. The van der Waals surface area contributed by atoms with E-state index in [1.54, 1.807) is 18.0 Å². The summed E-state index contributed by atoms with van der Waals surface area (Å²) >= 11 is 0. The average molecular weight is 415 g/mol. The molecule has 1 aliphatic carbocycles. The summed E-state index contributed by atoms with van der Waals surface area (Å²) < 4.78 is 15.6. The maximum Gasteiger partial charge on any atom is 0.317 e. The van der Waals surface area contributed by atoms with Gasteiger partial charge in [-0.05, 0) is 30.5 Å². The maximum absolute atomic E-state index is 12.3. The van der Waals surface area contributed by atoms with Crippen molar-refractivity contribution >= 4 is 11.9 Å². The van der Waals surface area contributed by atoms with E-state index in [0.29, 0.717) is 30.3 Å². The second kappa shape index (κ2) is 9.02. The van der Waals surface area contributed by atoms with Gasteiger partial charge >= 0.3 is 17.8 Å². The van der Waals surface area contributed by atoms with Gasteiger partial charge in [0, 0.05) is 32.6 Å². The van der Waals surface area contributed by atoms with Crippen LogP contribution in [0.3, 0.4) is 0 Å². The van der Waals surface area contributed by atoms with E-state index < -0.39 is 5.91 Å². The third-order valence-corrected chi connectivity index (χ3v) is 5.25. The van der Waals surface area contributed by atoms with Crippen molar-refractivity contribution in [3.8, 4) is 11.5 Å². The van der Waals surface area contributed by atoms with Crippen molar-refractivity contribution in [2.75, 3.05) is 20.4 Å². The maximum atomic E-state index is 12.3. The fourth-order valence-electron chi connectivity index (χ4n) is 3.48. The molecule has 10 heteroatoms. The SMILES string of the molecule is CN(CCc1noc(C(=O)NCc2ccc3c(c2)OCO3)n1)C(=O)NC1CCCC1. The molecule has 2 heterocycles. The summed E-state index contributed by atoms with van der Waals surface area (Å²) in [6.45, 7) is 0.918. The van der Waals surface area contributed by atoms with E-state index in [9.17, 15) is 9.59 Å². The van der Waals surface area contributed by atoms with Gasteiger partial charge in [-0.25, -0.2) is 4.79 Å². The number of fused-ring (bicyclic) bond motifs is 1. The van der Waals surface area contributed by atoms with Crippen LogP contribution in [-0.4, -0.2) is 53.4 Å². The molecule has 0 unspecified atom stereocenters. The molecule has 3 amide bonds. The number of nitrogens with zero attached hydrogens (tertiary/aromatic N) is 3. The van der Waals surface area contributed by atoms with Crippen molar-refractivity contribution in [3.05, 3.63) is 35.5 Å². The number of urea groups is 1. The number of nitrogens with one attached hydrogen (secondary N) is 2. The first-order valence-electron chi connectivity index (χ1n) is 10.1. The monoisotopic (exact) mass is 415 g/mol. The minimum absolute atomic E-state index is 0.105. The molecule has 0 saturated heterocycles. The highest BCUT2D eigenvalue weighted by Crippen LogP contribution is 2.32. The summed E-state index contributed by atoms with van der Waals surface area (Å²) in [6.07, 6.45) is 4.80. The fraction of sp³-hybridized carbons (Fsp3) is 0.500. The number of rotatable bonds is 7. The number of benzene rings is 1. The highest BCUT2D eigenvalue weighted by molar-refractivity contribution is 5.89. The number of carbonyl (C=O) groups is 2. The molecule has 0 atom stereocenters. The van der Waals surface area contributed by atoms with Crippen LogP contribution in [0.15, 0.2) is 22.7 Å². The van der Waals surface area contributed by atoms with Gasteiger partial charge in [0.15, 0.2) is 17.3 Å². The molecule has 1 aromatic heterocycles. The molecule has 0 radical (unpaired) electrons. The van der Waals surface area contributed by atoms with Crippen LogP contribution in [0.4, 0.5) is 4.79 Å². The smallest absolute Gasteiger partial charge is 0.317 e. The molecule has 2 N–H and O–H groups in total. The largest absolute Gasteiger partial charge is 0.454 e. The molecule has 4 rings (SSSR count). The van der Waals surface area contributed by atoms with Gasteiger partial charge in [0.05, 0.1) is 0 Å². The standard InChI is InChI=1S/C20H25N5O5/c1-25(20(27)22-14-4-2-3-5-14)9-8-17-23-19(30-24-17)18(26)21-11-13-6-7-15-16(10-13)29-12-28-15/h6-7,10,14H,2-5,8-9,11-12H2,1H3,(H,21,26)(H,22,27). The van der Waals surface area contributed by atoms with Crippen LogP contribution in [0, 0.1) is 0 Å². The zero-order chi connectivity index (χ0) is 20.9. The van der Waals surface area contributed by atoms with Crippen molar-refractivity contribution in [3.63, 3.8) is 0 Å². The predicted molar refractivity (Wildman–Crippen MR) is 105 cm³/mol. The Hall–Kier alpha value is -3.30. The van der Waals surface area contributed by atoms with Gasteiger partial charge in [-0.1, -0.05) is 24.1 Å². The van der Waals surface area contributed by atoms with Crippen LogP contribution in [0.2, 0.25) is 0 Å². The molecule has 10 nitrogen and oxygen atoms in total. The predicted octanol–water partition coefficient (Wildman–Crippen LogP) is 1.85. The molecule has 0 spiro atoms. The Morgan fingerprint density at radius 2 is 2.00 bits per heavy atom. The lowest BCUT2D eigenvalue weighted by atomic mass is 10.2. The quantitative estimate of drug-likeness (QED) is 0.708. The molecule has 1 aromatic carbocycles. The van der Waals surface area contributed by atoms with Gasteiger partial charge in [-0.15, -0.1) is 0 Å². The number of hydrogen-bond donors (Lipinski definition) is 2. The lowest BCUT2D eigenvalue weighted by molar-refractivity contribution is 0.0907. The van der Waals surface area contributed by atoms with Gasteiger partial charge in [0.1, 0.15) is 0 Å². The second-order valence-corrected chi connectivity index (χ2v) is 7.49. The van der Waals surface area contributed by atoms with E-state index in [-0.39, 0.29) is 31.3 Å². The van der Waals surface area contributed by atoms with Crippen LogP contribution in [-0.2, 0) is 13.0 Å². The van der Waals surface area contributed by atoms with Crippen molar-refractivity contribution in [1.29, 1.82) is 0 Å². The summed E-state index contributed by atoms with van der Waals surface area (Å²) in [4.78, 5) is 30.2. The number of ether oxygens (including phenoxy) is 2. The number of hydrogen-bond acceptors (Lipinski definition) is 7. The third-order valence-electron chi connectivity index (χ3n) is 5.25. The van der Waals surface area contributed by atoms with Crippen molar-refractivity contribution in [2.24, 2.45) is 0 Å². The first kappa shape index (κ1) is 20.0. The van der Waals surface area contributed by atoms with Gasteiger partial charge in [0.25, 0.3) is 0 Å². The van der Waals surface area contributed by atoms with Crippen LogP contribution in [0.1, 0.15) is 47.8 Å². The van der Waals surface area contributed by atoms with Gasteiger partial charge in [-0.2, -0.15) is 4.98 Å². The minimum Gasteiger partial charge on any atom is -0.454 e. The molecule has 2 aliphatic rings. The van der Waals surface area contributed by atoms with E-state index in [2.05, 4.69) is 20.8 Å². The zero-order valence-corrected chi connectivity index (χ0v) is 16.8. The molecule has 30 heavy (non-hydrogen) atoms. The Labute approximate surface area is 173 Å². The topological polar surface area (TPSA) is 119 Å². The third kappa shape index (κ3) is 4.81. The molecule has 1 saturated carbocycles. The molecule has 160 valence electrons. The minimum atomic E-state index is -0.459. The zero-order valence-electron chi connectivity index (χ0n) is 16.8. The molecular weight excluding hydrogens is 390 g/mol. The Balaban J connectivity index is 1.23. The van der Waals surface area contributed by atoms with Crippen LogP contribution >= 0.6 is 0 Å². The van der Waals surface area contributed by atoms with E-state index in [4.69, 9.17) is 14.0 Å². The Bertz CT molecular complexity index is 909. The molecule has 2 aromatic rings. The van der Waals surface area contributed by atoms with E-state index in [0.717, 1.165) is 31.2 Å². The lowest BCUT2D eigenvalue weighted by Crippen LogP contribution is -2.42. The summed E-state index contributed by atoms with van der Waals surface area (Å²) in [7, 11) is 1.73. The molecule has 1 fully saturated rings. The first-order chi connectivity index (χ1) is 14.6. The van der Waals surface area contributed by atoms with Crippen molar-refractivity contribution in [2.45, 2.75) is 44.7 Å². The number of amides is 3. The van der Waals surface area contributed by atoms with Crippen LogP contribution < -0.4 is 20.1 Å². The van der Waals surface area contributed by atoms with Crippen molar-refractivity contribution < 1.29 is 23.6 Å². The molecule has 1 aliphatic heterocycles. The van der Waals surface area contributed by atoms with Gasteiger partial charge in [0.2, 0.25) is 6.79 Å².